The average molecular weight is 317 g/mol. The predicted molar refractivity (Wildman–Crippen MR) is 91.0 cm³/mol. The first-order chi connectivity index (χ1) is 10.5. The number of thiazole rings is 1. The molecule has 5 heteroatoms. The molecule has 0 aliphatic carbocycles. The number of nitrogens with two attached hydrogens (primary N) is 1. The molecule has 0 aliphatic rings. The Kier molecular flexibility index (Phi) is 5.32. The Morgan fingerprint density at radius 2 is 2.05 bits per heavy atom. The summed E-state index contributed by atoms with van der Waals surface area (Å²) in [6.45, 7) is 6.76. The second kappa shape index (κ2) is 7.03. The van der Waals surface area contributed by atoms with Gasteiger partial charge >= 0.3 is 0 Å². The smallest absolute Gasteiger partial charge is 0.271 e. The van der Waals surface area contributed by atoms with Crippen molar-refractivity contribution in [1.82, 2.24) is 10.3 Å². The number of nitrogens with one attached hydrogen (secondary N) is 1. The standard InChI is InChI=1S/C17H23N3OS/c1-4-14(17(2,3)12-8-6-5-7-9-12)20-16(21)13-11-22-15(10-18)19-13/h5-9,11,14H,4,10,18H2,1-3H3,(H,20,21). The molecule has 118 valence electrons. The number of hydrogen-bond acceptors (Lipinski definition) is 4. The van der Waals surface area contributed by atoms with E-state index in [-0.39, 0.29) is 17.4 Å². The molecule has 1 aromatic carbocycles. The third-order valence-electron chi connectivity index (χ3n) is 4.06. The van der Waals surface area contributed by atoms with Gasteiger partial charge in [-0.15, -0.1) is 11.3 Å². The summed E-state index contributed by atoms with van der Waals surface area (Å²) in [6.07, 6.45) is 0.849. The predicted octanol–water partition coefficient (Wildman–Crippen LogP) is 3.09. The van der Waals surface area contributed by atoms with Crippen molar-refractivity contribution in [3.05, 3.63) is 52.0 Å². The molecule has 1 aromatic heterocycles. The van der Waals surface area contributed by atoms with E-state index in [0.717, 1.165) is 11.4 Å². The summed E-state index contributed by atoms with van der Waals surface area (Å²) in [5.41, 5.74) is 7.06. The van der Waals surface area contributed by atoms with Gasteiger partial charge < -0.3 is 11.1 Å². The van der Waals surface area contributed by atoms with Gasteiger partial charge in [-0.1, -0.05) is 51.1 Å². The highest BCUT2D eigenvalue weighted by Crippen LogP contribution is 2.29. The highest BCUT2D eigenvalue weighted by atomic mass is 32.1. The summed E-state index contributed by atoms with van der Waals surface area (Å²) in [5, 5.41) is 5.67. The molecule has 1 heterocycles. The minimum Gasteiger partial charge on any atom is -0.347 e. The Labute approximate surface area is 135 Å². The molecule has 0 radical (unpaired) electrons. The molecule has 1 atom stereocenters. The largest absolute Gasteiger partial charge is 0.347 e. The van der Waals surface area contributed by atoms with Gasteiger partial charge in [0.2, 0.25) is 0 Å². The van der Waals surface area contributed by atoms with E-state index < -0.39 is 0 Å². The van der Waals surface area contributed by atoms with Crippen molar-refractivity contribution in [2.24, 2.45) is 5.73 Å². The van der Waals surface area contributed by atoms with Crippen LogP contribution in [0.2, 0.25) is 0 Å². The lowest BCUT2D eigenvalue weighted by Gasteiger charge is -2.35. The summed E-state index contributed by atoms with van der Waals surface area (Å²) in [6, 6.07) is 10.3. The zero-order valence-corrected chi connectivity index (χ0v) is 14.1. The van der Waals surface area contributed by atoms with E-state index in [9.17, 15) is 4.79 Å². The minimum absolute atomic E-state index is 0.0328. The van der Waals surface area contributed by atoms with Gasteiger partial charge in [0.1, 0.15) is 10.7 Å². The minimum atomic E-state index is -0.154. The van der Waals surface area contributed by atoms with Crippen LogP contribution in [0.15, 0.2) is 35.7 Å². The highest BCUT2D eigenvalue weighted by molar-refractivity contribution is 7.09. The lowest BCUT2D eigenvalue weighted by atomic mass is 9.76. The average Bonchev–Trinajstić information content (AvgIpc) is 3.02. The van der Waals surface area contributed by atoms with E-state index in [1.807, 2.05) is 18.2 Å². The van der Waals surface area contributed by atoms with E-state index in [1.165, 1.54) is 16.9 Å². The van der Waals surface area contributed by atoms with Crippen LogP contribution in [0.25, 0.3) is 0 Å². The molecule has 22 heavy (non-hydrogen) atoms. The third-order valence-corrected chi connectivity index (χ3v) is 4.93. The van der Waals surface area contributed by atoms with Crippen molar-refractivity contribution in [1.29, 1.82) is 0 Å². The molecule has 0 saturated heterocycles. The van der Waals surface area contributed by atoms with Crippen LogP contribution in [0.4, 0.5) is 0 Å². The number of nitrogens with zero attached hydrogens (tertiary/aromatic N) is 1. The van der Waals surface area contributed by atoms with E-state index >= 15 is 0 Å². The SMILES string of the molecule is CCC(NC(=O)c1csc(CN)n1)C(C)(C)c1ccccc1. The van der Waals surface area contributed by atoms with Gasteiger partial charge in [-0.3, -0.25) is 4.79 Å². The number of amides is 1. The molecule has 2 aromatic rings. The maximum absolute atomic E-state index is 12.4. The van der Waals surface area contributed by atoms with E-state index in [0.29, 0.717) is 12.2 Å². The molecule has 0 spiro atoms. The Hall–Kier alpha value is -1.72. The molecule has 0 bridgehead atoms. The van der Waals surface area contributed by atoms with Crippen molar-refractivity contribution in [2.45, 2.75) is 45.2 Å². The van der Waals surface area contributed by atoms with Crippen LogP contribution >= 0.6 is 11.3 Å². The van der Waals surface area contributed by atoms with Crippen molar-refractivity contribution in [2.75, 3.05) is 0 Å². The maximum Gasteiger partial charge on any atom is 0.271 e. The molecule has 0 saturated carbocycles. The van der Waals surface area contributed by atoms with Crippen LogP contribution in [0.1, 0.15) is 48.3 Å². The number of carbonyl (C=O) groups is 1. The van der Waals surface area contributed by atoms with Crippen LogP contribution in [0.5, 0.6) is 0 Å². The Balaban J connectivity index is 2.16. The molecule has 0 aliphatic heterocycles. The van der Waals surface area contributed by atoms with Gasteiger partial charge in [-0.25, -0.2) is 4.98 Å². The zero-order chi connectivity index (χ0) is 16.2. The van der Waals surface area contributed by atoms with Gasteiger partial charge in [0.15, 0.2) is 0 Å². The quantitative estimate of drug-likeness (QED) is 0.860. The first-order valence-corrected chi connectivity index (χ1v) is 8.37. The summed E-state index contributed by atoms with van der Waals surface area (Å²) in [5.74, 6) is -0.133. The summed E-state index contributed by atoms with van der Waals surface area (Å²) in [4.78, 5) is 16.7. The molecule has 1 unspecified atom stereocenters. The van der Waals surface area contributed by atoms with Gasteiger partial charge in [-0.2, -0.15) is 0 Å². The fourth-order valence-electron chi connectivity index (χ4n) is 2.60. The van der Waals surface area contributed by atoms with Crippen molar-refractivity contribution in [3.8, 4) is 0 Å². The van der Waals surface area contributed by atoms with Crippen LogP contribution in [-0.4, -0.2) is 16.9 Å². The normalized spacial score (nSPS) is 12.9. The number of carbonyl (C=O) groups excluding carboxylic acids is 1. The van der Waals surface area contributed by atoms with Crippen LogP contribution in [-0.2, 0) is 12.0 Å². The Morgan fingerprint density at radius 3 is 2.59 bits per heavy atom. The van der Waals surface area contributed by atoms with Crippen molar-refractivity contribution >= 4 is 17.2 Å². The first kappa shape index (κ1) is 16.6. The number of hydrogen-bond donors (Lipinski definition) is 2. The molecule has 2 rings (SSSR count). The lowest BCUT2D eigenvalue weighted by molar-refractivity contribution is 0.0912. The zero-order valence-electron chi connectivity index (χ0n) is 13.3. The fourth-order valence-corrected chi connectivity index (χ4v) is 3.26. The lowest BCUT2D eigenvalue weighted by Crippen LogP contribution is -2.47. The third kappa shape index (κ3) is 3.54. The summed E-state index contributed by atoms with van der Waals surface area (Å²) < 4.78 is 0. The number of aromatic nitrogens is 1. The molecule has 3 N–H and O–H groups in total. The maximum atomic E-state index is 12.4. The van der Waals surface area contributed by atoms with Crippen molar-refractivity contribution < 1.29 is 4.79 Å². The fraction of sp³-hybridized carbons (Fsp3) is 0.412. The van der Waals surface area contributed by atoms with Crippen LogP contribution in [0.3, 0.4) is 0 Å². The van der Waals surface area contributed by atoms with Gasteiger partial charge in [0.25, 0.3) is 5.91 Å². The Morgan fingerprint density at radius 1 is 1.36 bits per heavy atom. The van der Waals surface area contributed by atoms with E-state index in [2.05, 4.69) is 43.2 Å². The summed E-state index contributed by atoms with van der Waals surface area (Å²) in [7, 11) is 0. The molecule has 1 amide bonds. The summed E-state index contributed by atoms with van der Waals surface area (Å²) >= 11 is 1.42. The number of benzene rings is 1. The second-order valence-corrected chi connectivity index (χ2v) is 6.80. The monoisotopic (exact) mass is 317 g/mol. The van der Waals surface area contributed by atoms with Crippen molar-refractivity contribution in [3.63, 3.8) is 0 Å². The van der Waals surface area contributed by atoms with E-state index in [4.69, 9.17) is 5.73 Å². The molecular weight excluding hydrogens is 294 g/mol. The molecule has 4 nitrogen and oxygen atoms in total. The van der Waals surface area contributed by atoms with Crippen LogP contribution < -0.4 is 11.1 Å². The van der Waals surface area contributed by atoms with Gasteiger partial charge in [-0.05, 0) is 12.0 Å². The highest BCUT2D eigenvalue weighted by Gasteiger charge is 2.31. The number of rotatable bonds is 6. The molecular formula is C17H23N3OS. The van der Waals surface area contributed by atoms with Gasteiger partial charge in [0, 0.05) is 23.4 Å². The van der Waals surface area contributed by atoms with E-state index in [1.54, 1.807) is 5.38 Å². The van der Waals surface area contributed by atoms with Crippen LogP contribution in [0, 0.1) is 0 Å². The Bertz CT molecular complexity index is 622. The molecule has 0 fully saturated rings. The second-order valence-electron chi connectivity index (χ2n) is 5.85. The first-order valence-electron chi connectivity index (χ1n) is 7.50. The topological polar surface area (TPSA) is 68.0 Å². The van der Waals surface area contributed by atoms with Gasteiger partial charge in [0.05, 0.1) is 0 Å².